The van der Waals surface area contributed by atoms with Gasteiger partial charge in [0.2, 0.25) is 0 Å². The van der Waals surface area contributed by atoms with Gasteiger partial charge in [0.05, 0.1) is 6.04 Å². The average Bonchev–Trinajstić information content (AvgIpc) is 2.88. The Morgan fingerprint density at radius 2 is 1.17 bits per heavy atom. The third kappa shape index (κ3) is 6.78. The zero-order chi connectivity index (χ0) is 24.5. The van der Waals surface area contributed by atoms with Gasteiger partial charge in [-0.25, -0.2) is 0 Å². The summed E-state index contributed by atoms with van der Waals surface area (Å²) in [5.41, 5.74) is 3.28. The third-order valence-electron chi connectivity index (χ3n) is 5.45. The number of hydrogen-bond donors (Lipinski definition) is 2. The zero-order valence-corrected chi connectivity index (χ0v) is 20.5. The highest BCUT2D eigenvalue weighted by Crippen LogP contribution is 2.28. The monoisotopic (exact) mass is 524 g/mol. The van der Waals surface area contributed by atoms with E-state index < -0.39 is 0 Å². The molecule has 2 N–H and O–H groups in total. The first kappa shape index (κ1) is 24.2. The van der Waals surface area contributed by atoms with Gasteiger partial charge >= 0.3 is 0 Å². The highest BCUT2D eigenvalue weighted by Gasteiger charge is 2.20. The van der Waals surface area contributed by atoms with Crippen molar-refractivity contribution < 1.29 is 10.2 Å². The quantitative estimate of drug-likeness (QED) is 0.239. The summed E-state index contributed by atoms with van der Waals surface area (Å²) in [5, 5.41) is 20.5. The Labute approximate surface area is 213 Å². The molecule has 0 aromatic heterocycles. The van der Waals surface area contributed by atoms with Crippen LogP contribution < -0.4 is 0 Å². The normalized spacial score (nSPS) is 13.5. The molecule has 0 aliphatic rings. The van der Waals surface area contributed by atoms with Crippen LogP contribution in [0.15, 0.2) is 124 Å². The van der Waals surface area contributed by atoms with Crippen molar-refractivity contribution in [3.63, 3.8) is 0 Å². The van der Waals surface area contributed by atoms with E-state index >= 15 is 0 Å². The van der Waals surface area contributed by atoms with E-state index in [-0.39, 0.29) is 23.6 Å². The van der Waals surface area contributed by atoms with Crippen LogP contribution in [0.5, 0.6) is 11.5 Å². The number of para-hydroxylation sites is 2. The minimum atomic E-state index is -0.377. The van der Waals surface area contributed by atoms with Crippen molar-refractivity contribution >= 4 is 34.4 Å². The van der Waals surface area contributed by atoms with Crippen LogP contribution in [0.4, 0.5) is 0 Å². The summed E-state index contributed by atoms with van der Waals surface area (Å²) >= 11 is 3.50. The van der Waals surface area contributed by atoms with Gasteiger partial charge in [-0.2, -0.15) is 0 Å². The standard InChI is InChI=1S/C30H25BrN2O2/c31-26-17-15-23(16-18-26)30(33-21-25-11-5-7-13-29(25)35)27(19-14-22-8-2-1-3-9-22)32-20-24-10-4-6-12-28(24)34/h1-21,27,30,34-35H/b19-14+,32-20?,33-21?/t27-,30-/m0/s1. The van der Waals surface area contributed by atoms with Crippen LogP contribution in [0, 0.1) is 0 Å². The van der Waals surface area contributed by atoms with Crippen LogP contribution in [-0.2, 0) is 0 Å². The Morgan fingerprint density at radius 1 is 0.629 bits per heavy atom. The van der Waals surface area contributed by atoms with E-state index in [0.717, 1.165) is 15.6 Å². The number of aromatic hydroxyl groups is 2. The van der Waals surface area contributed by atoms with E-state index in [1.54, 1.807) is 36.7 Å². The summed E-state index contributed by atoms with van der Waals surface area (Å²) in [7, 11) is 0. The van der Waals surface area contributed by atoms with Crippen LogP contribution in [0.25, 0.3) is 6.08 Å². The molecule has 0 amide bonds. The Hall–Kier alpha value is -3.96. The van der Waals surface area contributed by atoms with Crippen LogP contribution >= 0.6 is 15.9 Å². The molecule has 0 fully saturated rings. The van der Waals surface area contributed by atoms with Gasteiger partial charge in [0.1, 0.15) is 17.5 Å². The Bertz CT molecular complexity index is 1330. The van der Waals surface area contributed by atoms with E-state index in [1.807, 2.05) is 91.0 Å². The second kappa shape index (κ2) is 12.0. The molecule has 0 radical (unpaired) electrons. The van der Waals surface area contributed by atoms with Gasteiger partial charge in [-0.15, -0.1) is 0 Å². The highest BCUT2D eigenvalue weighted by molar-refractivity contribution is 9.10. The molecule has 4 rings (SSSR count). The molecule has 4 aromatic rings. The van der Waals surface area contributed by atoms with Gasteiger partial charge < -0.3 is 10.2 Å². The van der Waals surface area contributed by atoms with Crippen molar-refractivity contribution in [3.05, 3.63) is 136 Å². The maximum Gasteiger partial charge on any atom is 0.124 e. The molecular weight excluding hydrogens is 500 g/mol. The van der Waals surface area contributed by atoms with E-state index in [4.69, 9.17) is 9.98 Å². The van der Waals surface area contributed by atoms with Crippen molar-refractivity contribution in [3.8, 4) is 11.5 Å². The summed E-state index contributed by atoms with van der Waals surface area (Å²) in [5.74, 6) is 0.333. The number of halogens is 1. The van der Waals surface area contributed by atoms with Crippen molar-refractivity contribution in [1.82, 2.24) is 0 Å². The maximum atomic E-state index is 10.2. The van der Waals surface area contributed by atoms with Crippen LogP contribution in [0.3, 0.4) is 0 Å². The predicted molar refractivity (Wildman–Crippen MR) is 148 cm³/mol. The number of phenols is 2. The largest absolute Gasteiger partial charge is 0.507 e. The van der Waals surface area contributed by atoms with Gasteiger partial charge in [-0.3, -0.25) is 9.98 Å². The molecule has 0 bridgehead atoms. The highest BCUT2D eigenvalue weighted by atomic mass is 79.9. The Morgan fingerprint density at radius 3 is 1.77 bits per heavy atom. The molecule has 0 aliphatic heterocycles. The first-order valence-electron chi connectivity index (χ1n) is 11.2. The molecule has 0 unspecified atom stereocenters. The van der Waals surface area contributed by atoms with Crippen molar-refractivity contribution in [2.75, 3.05) is 0 Å². The first-order valence-corrected chi connectivity index (χ1v) is 12.0. The Balaban J connectivity index is 1.77. The lowest BCUT2D eigenvalue weighted by Crippen LogP contribution is -2.14. The van der Waals surface area contributed by atoms with E-state index in [1.165, 1.54) is 0 Å². The molecule has 0 saturated carbocycles. The number of benzene rings is 4. The lowest BCUT2D eigenvalue weighted by Gasteiger charge is -2.19. The lowest BCUT2D eigenvalue weighted by atomic mass is 9.98. The molecule has 0 aliphatic carbocycles. The minimum Gasteiger partial charge on any atom is -0.507 e. The molecule has 4 nitrogen and oxygen atoms in total. The minimum absolute atomic E-state index is 0.167. The zero-order valence-electron chi connectivity index (χ0n) is 18.9. The van der Waals surface area contributed by atoms with Gasteiger partial charge in [0.15, 0.2) is 0 Å². The fraction of sp³-hybridized carbons (Fsp3) is 0.0667. The summed E-state index contributed by atoms with van der Waals surface area (Å²) in [6.07, 6.45) is 7.40. The summed E-state index contributed by atoms with van der Waals surface area (Å²) < 4.78 is 0.971. The second-order valence-corrected chi connectivity index (χ2v) is 8.85. The molecule has 0 heterocycles. The topological polar surface area (TPSA) is 65.2 Å². The summed E-state index contributed by atoms with van der Waals surface area (Å²) in [6, 6.07) is 31.4. The van der Waals surface area contributed by atoms with Crippen LogP contribution in [-0.4, -0.2) is 28.7 Å². The molecule has 0 spiro atoms. The molecule has 35 heavy (non-hydrogen) atoms. The van der Waals surface area contributed by atoms with Crippen LogP contribution in [0.1, 0.15) is 28.3 Å². The molecule has 174 valence electrons. The fourth-order valence-electron chi connectivity index (χ4n) is 3.56. The molecule has 5 heteroatoms. The lowest BCUT2D eigenvalue weighted by molar-refractivity contribution is 0.473. The summed E-state index contributed by atoms with van der Waals surface area (Å²) in [6.45, 7) is 0. The SMILES string of the molecule is Oc1ccccc1C=N[C@@H](/C=C/c1ccccc1)[C@@H](N=Cc1ccccc1O)c1ccc(Br)cc1. The van der Waals surface area contributed by atoms with Crippen molar-refractivity contribution in [2.45, 2.75) is 12.1 Å². The number of rotatable bonds is 8. The Kier molecular flexibility index (Phi) is 8.25. The van der Waals surface area contributed by atoms with Crippen molar-refractivity contribution in [1.29, 1.82) is 0 Å². The van der Waals surface area contributed by atoms with E-state index in [2.05, 4.69) is 15.9 Å². The first-order chi connectivity index (χ1) is 17.1. The fourth-order valence-corrected chi connectivity index (χ4v) is 3.83. The van der Waals surface area contributed by atoms with E-state index in [0.29, 0.717) is 11.1 Å². The number of nitrogens with zero attached hydrogens (tertiary/aromatic N) is 2. The van der Waals surface area contributed by atoms with Gasteiger partial charge in [0, 0.05) is 28.0 Å². The van der Waals surface area contributed by atoms with Gasteiger partial charge in [-0.1, -0.05) is 94.8 Å². The number of hydrogen-bond acceptors (Lipinski definition) is 4. The number of aliphatic imine (C=N–C) groups is 2. The van der Waals surface area contributed by atoms with Crippen molar-refractivity contribution in [2.24, 2.45) is 9.98 Å². The maximum absolute atomic E-state index is 10.2. The van der Waals surface area contributed by atoms with Crippen LogP contribution in [0.2, 0.25) is 0 Å². The second-order valence-electron chi connectivity index (χ2n) is 7.93. The average molecular weight is 525 g/mol. The summed E-state index contributed by atoms with van der Waals surface area (Å²) in [4.78, 5) is 9.72. The third-order valence-corrected chi connectivity index (χ3v) is 5.98. The molecule has 4 aromatic carbocycles. The predicted octanol–water partition coefficient (Wildman–Crippen LogP) is 7.22. The smallest absolute Gasteiger partial charge is 0.124 e. The molecule has 2 atom stereocenters. The van der Waals surface area contributed by atoms with Gasteiger partial charge in [-0.05, 0) is 47.5 Å². The molecule has 0 saturated heterocycles. The molecular formula is C30H25BrN2O2. The number of phenolic OH excluding ortho intramolecular Hbond substituents is 2. The van der Waals surface area contributed by atoms with Gasteiger partial charge in [0.25, 0.3) is 0 Å². The van der Waals surface area contributed by atoms with E-state index in [9.17, 15) is 10.2 Å².